The lowest BCUT2D eigenvalue weighted by molar-refractivity contribution is -0.148. The second-order valence-corrected chi connectivity index (χ2v) is 6.91. The van der Waals surface area contributed by atoms with Crippen molar-refractivity contribution in [3.05, 3.63) is 60.2 Å². The molecule has 0 aromatic carbocycles. The molecule has 2 atom stereocenters. The fourth-order valence-corrected chi connectivity index (χ4v) is 4.46. The van der Waals surface area contributed by atoms with E-state index in [2.05, 4.69) is 20.9 Å². The van der Waals surface area contributed by atoms with E-state index in [0.717, 1.165) is 43.7 Å². The van der Waals surface area contributed by atoms with E-state index in [0.29, 0.717) is 0 Å². The van der Waals surface area contributed by atoms with Crippen LogP contribution in [0.25, 0.3) is 0 Å². The normalized spacial score (nSPS) is 31.0. The van der Waals surface area contributed by atoms with E-state index in [9.17, 15) is 5.11 Å². The molecular weight excluding hydrogens is 286 g/mol. The second kappa shape index (κ2) is 6.02. The quantitative estimate of drug-likeness (QED) is 0.947. The summed E-state index contributed by atoms with van der Waals surface area (Å²) in [4.78, 5) is 11.1. The van der Waals surface area contributed by atoms with Crippen LogP contribution in [0.5, 0.6) is 0 Å². The van der Waals surface area contributed by atoms with E-state index in [1.807, 2.05) is 36.7 Å². The molecule has 23 heavy (non-hydrogen) atoms. The number of piperidine rings is 1. The van der Waals surface area contributed by atoms with E-state index in [1.54, 1.807) is 6.20 Å². The third-order valence-electron chi connectivity index (χ3n) is 5.54. The van der Waals surface area contributed by atoms with Crippen molar-refractivity contribution in [3.63, 3.8) is 0 Å². The third-order valence-corrected chi connectivity index (χ3v) is 5.54. The fourth-order valence-electron chi connectivity index (χ4n) is 4.46. The Morgan fingerprint density at radius 3 is 2.57 bits per heavy atom. The van der Waals surface area contributed by atoms with E-state index >= 15 is 0 Å². The van der Waals surface area contributed by atoms with Gasteiger partial charge in [0, 0.05) is 55.6 Å². The Morgan fingerprint density at radius 1 is 1.09 bits per heavy atom. The van der Waals surface area contributed by atoms with E-state index in [4.69, 9.17) is 0 Å². The first-order valence-corrected chi connectivity index (χ1v) is 8.52. The van der Waals surface area contributed by atoms with Gasteiger partial charge in [0.25, 0.3) is 0 Å². The van der Waals surface area contributed by atoms with Gasteiger partial charge in [0.1, 0.15) is 0 Å². The van der Waals surface area contributed by atoms with Crippen LogP contribution >= 0.6 is 0 Å². The molecule has 1 aliphatic heterocycles. The van der Waals surface area contributed by atoms with Gasteiger partial charge in [0.15, 0.2) is 0 Å². The molecule has 1 saturated carbocycles. The molecule has 4 heteroatoms. The largest absolute Gasteiger partial charge is 0.384 e. The van der Waals surface area contributed by atoms with E-state index in [1.165, 1.54) is 6.42 Å². The number of aromatic nitrogens is 2. The zero-order chi connectivity index (χ0) is 15.7. The molecule has 1 aliphatic carbocycles. The Hall–Kier alpha value is -1.78. The zero-order valence-corrected chi connectivity index (χ0v) is 13.3. The molecule has 120 valence electrons. The summed E-state index contributed by atoms with van der Waals surface area (Å²) in [7, 11) is 0. The molecule has 0 amide bonds. The highest BCUT2D eigenvalue weighted by Crippen LogP contribution is 2.49. The van der Waals surface area contributed by atoms with Crippen LogP contribution in [0, 0.1) is 11.8 Å². The molecule has 0 radical (unpaired) electrons. The highest BCUT2D eigenvalue weighted by Gasteiger charge is 2.51. The van der Waals surface area contributed by atoms with Crippen molar-refractivity contribution >= 4 is 0 Å². The molecule has 2 aliphatic rings. The van der Waals surface area contributed by atoms with Crippen LogP contribution < -0.4 is 0 Å². The highest BCUT2D eigenvalue weighted by atomic mass is 16.3. The number of hydrogen-bond donors (Lipinski definition) is 1. The monoisotopic (exact) mass is 309 g/mol. The molecule has 2 fully saturated rings. The van der Waals surface area contributed by atoms with Crippen molar-refractivity contribution in [2.75, 3.05) is 13.1 Å². The number of pyridine rings is 2. The minimum Gasteiger partial charge on any atom is -0.384 e. The summed E-state index contributed by atoms with van der Waals surface area (Å²) in [6.45, 7) is 2.73. The molecular formula is C19H23N3O. The number of likely N-dealkylation sites (tertiary alicyclic amines) is 1. The van der Waals surface area contributed by atoms with Gasteiger partial charge in [-0.15, -0.1) is 0 Å². The number of hydrogen-bond acceptors (Lipinski definition) is 4. The van der Waals surface area contributed by atoms with Crippen LogP contribution in [0.15, 0.2) is 48.9 Å². The van der Waals surface area contributed by atoms with Gasteiger partial charge in [0.05, 0.1) is 11.3 Å². The molecule has 2 aromatic rings. The maximum Gasteiger partial charge on any atom is 0.0991 e. The molecule has 2 bridgehead atoms. The molecule has 3 heterocycles. The highest BCUT2D eigenvalue weighted by molar-refractivity contribution is 5.23. The van der Waals surface area contributed by atoms with Gasteiger partial charge in [-0.2, -0.15) is 0 Å². The second-order valence-electron chi connectivity index (χ2n) is 6.91. The molecule has 0 unspecified atom stereocenters. The molecule has 1 saturated heterocycles. The zero-order valence-electron chi connectivity index (χ0n) is 13.3. The third kappa shape index (κ3) is 2.66. The molecule has 0 spiro atoms. The smallest absolute Gasteiger partial charge is 0.0991 e. The number of aliphatic hydroxyl groups is 1. The van der Waals surface area contributed by atoms with Crippen molar-refractivity contribution in [1.82, 2.24) is 14.9 Å². The fraction of sp³-hybridized carbons (Fsp3) is 0.474. The first-order valence-electron chi connectivity index (χ1n) is 8.52. The SMILES string of the molecule is OC1(c2cccnc2)[C@@H]2CCC[C@@H]1CN(Cc1ccccn1)C2. The van der Waals surface area contributed by atoms with Crippen molar-refractivity contribution < 1.29 is 5.11 Å². The van der Waals surface area contributed by atoms with E-state index in [-0.39, 0.29) is 11.8 Å². The Labute approximate surface area is 137 Å². The van der Waals surface area contributed by atoms with Gasteiger partial charge in [-0.3, -0.25) is 14.9 Å². The Balaban J connectivity index is 1.57. The van der Waals surface area contributed by atoms with Crippen LogP contribution in [-0.2, 0) is 12.1 Å². The molecule has 1 N–H and O–H groups in total. The lowest BCUT2D eigenvalue weighted by atomic mass is 9.63. The van der Waals surface area contributed by atoms with Gasteiger partial charge < -0.3 is 5.11 Å². The standard InChI is InChI=1S/C19H23N3O/c23-19(15-7-4-9-20-11-15)16-5-3-6-17(19)13-22(12-16)14-18-8-1-2-10-21-18/h1-2,4,7-11,16-17,23H,3,5-6,12-14H2/t16-,17-/m1/s1. The summed E-state index contributed by atoms with van der Waals surface area (Å²) in [6, 6.07) is 10.0. The average Bonchev–Trinajstić information content (AvgIpc) is 2.58. The van der Waals surface area contributed by atoms with Crippen LogP contribution in [0.2, 0.25) is 0 Å². The summed E-state index contributed by atoms with van der Waals surface area (Å²) >= 11 is 0. The molecule has 4 nitrogen and oxygen atoms in total. The van der Waals surface area contributed by atoms with Gasteiger partial charge in [0.2, 0.25) is 0 Å². The van der Waals surface area contributed by atoms with Crippen molar-refractivity contribution in [1.29, 1.82) is 0 Å². The van der Waals surface area contributed by atoms with Crippen LogP contribution in [0.4, 0.5) is 0 Å². The van der Waals surface area contributed by atoms with Crippen LogP contribution in [0.1, 0.15) is 30.5 Å². The summed E-state index contributed by atoms with van der Waals surface area (Å²) in [6.07, 6.45) is 8.86. The van der Waals surface area contributed by atoms with Gasteiger partial charge >= 0.3 is 0 Å². The number of nitrogens with zero attached hydrogens (tertiary/aromatic N) is 3. The first-order chi connectivity index (χ1) is 11.3. The Morgan fingerprint density at radius 2 is 1.91 bits per heavy atom. The van der Waals surface area contributed by atoms with Crippen LogP contribution in [0.3, 0.4) is 0 Å². The molecule has 4 rings (SSSR count). The minimum atomic E-state index is -0.715. The van der Waals surface area contributed by atoms with Gasteiger partial charge in [-0.05, 0) is 31.0 Å². The topological polar surface area (TPSA) is 49.3 Å². The van der Waals surface area contributed by atoms with Crippen molar-refractivity contribution in [2.24, 2.45) is 11.8 Å². The lowest BCUT2D eigenvalue weighted by Gasteiger charge is -2.53. The summed E-state index contributed by atoms with van der Waals surface area (Å²) in [5.41, 5.74) is 1.39. The maximum absolute atomic E-state index is 11.5. The van der Waals surface area contributed by atoms with Gasteiger partial charge in [-0.25, -0.2) is 0 Å². The van der Waals surface area contributed by atoms with Gasteiger partial charge in [-0.1, -0.05) is 18.6 Å². The minimum absolute atomic E-state index is 0.280. The molecule has 2 aromatic heterocycles. The predicted molar refractivity (Wildman–Crippen MR) is 88.5 cm³/mol. The summed E-state index contributed by atoms with van der Waals surface area (Å²) in [5.74, 6) is 0.561. The number of rotatable bonds is 3. The number of fused-ring (bicyclic) bond motifs is 2. The van der Waals surface area contributed by atoms with Crippen LogP contribution in [-0.4, -0.2) is 33.1 Å². The lowest BCUT2D eigenvalue weighted by Crippen LogP contribution is -2.57. The summed E-state index contributed by atoms with van der Waals surface area (Å²) < 4.78 is 0. The van der Waals surface area contributed by atoms with Crippen molar-refractivity contribution in [2.45, 2.75) is 31.4 Å². The predicted octanol–water partition coefficient (Wildman–Crippen LogP) is 2.60. The average molecular weight is 309 g/mol. The summed E-state index contributed by atoms with van der Waals surface area (Å²) in [5, 5.41) is 11.5. The maximum atomic E-state index is 11.5. The Bertz CT molecular complexity index is 632. The van der Waals surface area contributed by atoms with Crippen molar-refractivity contribution in [3.8, 4) is 0 Å². The van der Waals surface area contributed by atoms with E-state index < -0.39 is 5.60 Å². The first kappa shape index (κ1) is 14.8. The Kier molecular flexibility index (Phi) is 3.87.